The fraction of sp³-hybridized carbons (Fsp3) is 0.321. The summed E-state index contributed by atoms with van der Waals surface area (Å²) in [6, 6.07) is 22.9. The van der Waals surface area contributed by atoms with Crippen LogP contribution < -0.4 is 5.43 Å². The van der Waals surface area contributed by atoms with Crippen LogP contribution in [0.15, 0.2) is 77.0 Å². The van der Waals surface area contributed by atoms with Crippen molar-refractivity contribution in [1.82, 2.24) is 15.2 Å². The van der Waals surface area contributed by atoms with Crippen LogP contribution in [0.1, 0.15) is 23.1 Å². The zero-order valence-electron chi connectivity index (χ0n) is 20.2. The second-order valence-electron chi connectivity index (χ2n) is 9.29. The van der Waals surface area contributed by atoms with Crippen LogP contribution in [-0.4, -0.2) is 78.2 Å². The second kappa shape index (κ2) is 11.3. The Morgan fingerprint density at radius 3 is 2.58 bits per heavy atom. The van der Waals surface area contributed by atoms with E-state index in [-0.39, 0.29) is 12.6 Å². The molecule has 1 saturated heterocycles. The van der Waals surface area contributed by atoms with E-state index in [1.807, 2.05) is 23.2 Å². The molecule has 0 aliphatic carbocycles. The third kappa shape index (κ3) is 6.08. The summed E-state index contributed by atoms with van der Waals surface area (Å²) >= 11 is 0. The van der Waals surface area contributed by atoms with E-state index in [0.29, 0.717) is 6.54 Å². The predicted molar refractivity (Wildman–Crippen MR) is 141 cm³/mol. The number of aliphatic carboxylic acids is 1. The molecule has 2 aliphatic heterocycles. The van der Waals surface area contributed by atoms with Gasteiger partial charge in [0.15, 0.2) is 0 Å². The van der Waals surface area contributed by atoms with Crippen LogP contribution in [0.3, 0.4) is 0 Å². The number of hydrazone groups is 1. The van der Waals surface area contributed by atoms with Gasteiger partial charge in [0.05, 0.1) is 25.0 Å². The Kier molecular flexibility index (Phi) is 7.54. The average Bonchev–Trinajstić information content (AvgIpc) is 3.36. The predicted octanol–water partition coefficient (Wildman–Crippen LogP) is 3.16. The summed E-state index contributed by atoms with van der Waals surface area (Å²) in [6.45, 7) is 4.83. The van der Waals surface area contributed by atoms with Crippen molar-refractivity contribution in [2.75, 3.05) is 39.3 Å². The number of carbonyl (C=O) groups is 1. The van der Waals surface area contributed by atoms with E-state index in [1.165, 1.54) is 16.3 Å². The minimum atomic E-state index is -0.768. The Balaban J connectivity index is 1.08. The van der Waals surface area contributed by atoms with Gasteiger partial charge in [-0.25, -0.2) is 0 Å². The summed E-state index contributed by atoms with van der Waals surface area (Å²) in [6.07, 6.45) is 2.63. The molecule has 2 aliphatic rings. The summed E-state index contributed by atoms with van der Waals surface area (Å²) in [5, 5.41) is 20.1. The summed E-state index contributed by atoms with van der Waals surface area (Å²) in [4.78, 5) is 20.9. The molecular weight excluding hydrogens is 454 g/mol. The number of hydrogen-bond donors (Lipinski definition) is 2. The van der Waals surface area contributed by atoms with E-state index in [2.05, 4.69) is 75.2 Å². The molecule has 1 atom stereocenters. The topological polar surface area (TPSA) is 89.8 Å². The number of fused-ring (bicyclic) bond motifs is 1. The van der Waals surface area contributed by atoms with Gasteiger partial charge in [0.2, 0.25) is 0 Å². The fourth-order valence-electron chi connectivity index (χ4n) is 4.77. The molecule has 3 aromatic rings. The maximum atomic E-state index is 10.9. The maximum Gasteiger partial charge on any atom is 0.317 e. The van der Waals surface area contributed by atoms with Crippen molar-refractivity contribution >= 4 is 28.7 Å². The van der Waals surface area contributed by atoms with E-state index < -0.39 is 5.97 Å². The second-order valence-corrected chi connectivity index (χ2v) is 9.29. The molecule has 3 aromatic carbocycles. The molecule has 0 radical (unpaired) electrons. The zero-order chi connectivity index (χ0) is 24.7. The van der Waals surface area contributed by atoms with E-state index in [4.69, 9.17) is 9.94 Å². The number of piperazine rings is 1. The van der Waals surface area contributed by atoms with Gasteiger partial charge >= 0.3 is 5.97 Å². The minimum absolute atomic E-state index is 0.0329. The van der Waals surface area contributed by atoms with Crippen LogP contribution in [0.25, 0.3) is 10.8 Å². The van der Waals surface area contributed by atoms with Crippen molar-refractivity contribution in [3.8, 4) is 0 Å². The summed E-state index contributed by atoms with van der Waals surface area (Å²) < 4.78 is 0. The highest BCUT2D eigenvalue weighted by Gasteiger charge is 2.26. The molecule has 2 N–H and O–H groups in total. The number of hydrogen-bond acceptors (Lipinski definition) is 7. The van der Waals surface area contributed by atoms with Gasteiger partial charge in [-0.05, 0) is 27.5 Å². The average molecular weight is 486 g/mol. The van der Waals surface area contributed by atoms with E-state index in [0.717, 1.165) is 56.0 Å². The normalized spacial score (nSPS) is 18.9. The molecule has 36 heavy (non-hydrogen) atoms. The lowest BCUT2D eigenvalue weighted by atomic mass is 10.0. The number of nitrogens with zero attached hydrogens (tertiary/aromatic N) is 4. The molecule has 0 aromatic heterocycles. The first-order valence-corrected chi connectivity index (χ1v) is 12.4. The standard InChI is InChI=1S/C28H31N5O3/c34-28(35)20-33-14-12-32(13-15-33)19-25-16-27(31-36-25)23-10-8-21(9-11-23)17-29-30-18-24-6-3-5-22-4-1-2-7-26(22)24/h1-11,17,25,30H,12-16,18-20H2,(H,34,35). The van der Waals surface area contributed by atoms with Gasteiger partial charge in [0.25, 0.3) is 0 Å². The smallest absolute Gasteiger partial charge is 0.317 e. The van der Waals surface area contributed by atoms with Crippen molar-refractivity contribution in [3.05, 3.63) is 83.4 Å². The molecule has 0 amide bonds. The summed E-state index contributed by atoms with van der Waals surface area (Å²) in [5.74, 6) is -0.768. The van der Waals surface area contributed by atoms with Gasteiger partial charge < -0.3 is 15.4 Å². The molecule has 8 nitrogen and oxygen atoms in total. The molecule has 186 valence electrons. The number of carboxylic acids is 1. The van der Waals surface area contributed by atoms with Crippen molar-refractivity contribution in [3.63, 3.8) is 0 Å². The quantitative estimate of drug-likeness (QED) is 0.358. The number of rotatable bonds is 9. The van der Waals surface area contributed by atoms with Crippen LogP contribution in [0, 0.1) is 0 Å². The van der Waals surface area contributed by atoms with Gasteiger partial charge in [-0.15, -0.1) is 0 Å². The molecule has 1 fully saturated rings. The van der Waals surface area contributed by atoms with Gasteiger partial charge in [0, 0.05) is 39.1 Å². The SMILES string of the molecule is O=C(O)CN1CCN(CC2CC(c3ccc(C=NNCc4cccc5ccccc45)cc3)=NO2)CC1. The molecule has 0 saturated carbocycles. The first-order valence-electron chi connectivity index (χ1n) is 12.4. The number of nitrogens with one attached hydrogen (secondary N) is 1. The number of benzene rings is 3. The molecule has 0 spiro atoms. The van der Waals surface area contributed by atoms with Gasteiger partial charge in [-0.3, -0.25) is 14.6 Å². The van der Waals surface area contributed by atoms with Crippen LogP contribution in [0.2, 0.25) is 0 Å². The lowest BCUT2D eigenvalue weighted by molar-refractivity contribution is -0.138. The van der Waals surface area contributed by atoms with Crippen LogP contribution in [0.5, 0.6) is 0 Å². The van der Waals surface area contributed by atoms with E-state index in [1.54, 1.807) is 0 Å². The fourth-order valence-corrected chi connectivity index (χ4v) is 4.77. The first-order chi connectivity index (χ1) is 17.6. The monoisotopic (exact) mass is 485 g/mol. The van der Waals surface area contributed by atoms with Gasteiger partial charge in [-0.1, -0.05) is 71.9 Å². The summed E-state index contributed by atoms with van der Waals surface area (Å²) in [5.41, 5.74) is 7.41. The van der Waals surface area contributed by atoms with Gasteiger partial charge in [-0.2, -0.15) is 5.10 Å². The molecular formula is C28H31N5O3. The Morgan fingerprint density at radius 1 is 1.03 bits per heavy atom. The number of carboxylic acid groups (broad SMARTS) is 1. The Labute approximate surface area is 210 Å². The Hall–Kier alpha value is -3.75. The zero-order valence-corrected chi connectivity index (χ0v) is 20.2. The number of oxime groups is 1. The lowest BCUT2D eigenvalue weighted by Gasteiger charge is -2.34. The summed E-state index contributed by atoms with van der Waals surface area (Å²) in [7, 11) is 0. The van der Waals surface area contributed by atoms with Crippen LogP contribution in [0.4, 0.5) is 0 Å². The van der Waals surface area contributed by atoms with Crippen LogP contribution in [-0.2, 0) is 16.2 Å². The third-order valence-electron chi connectivity index (χ3n) is 6.72. The van der Waals surface area contributed by atoms with Crippen molar-refractivity contribution in [2.45, 2.75) is 19.1 Å². The Morgan fingerprint density at radius 2 is 1.78 bits per heavy atom. The lowest BCUT2D eigenvalue weighted by Crippen LogP contribution is -2.49. The van der Waals surface area contributed by atoms with Gasteiger partial charge in [0.1, 0.15) is 6.10 Å². The van der Waals surface area contributed by atoms with Crippen LogP contribution >= 0.6 is 0 Å². The Bertz CT molecular complexity index is 1240. The molecule has 1 unspecified atom stereocenters. The van der Waals surface area contributed by atoms with Crippen molar-refractivity contribution in [2.24, 2.45) is 10.3 Å². The maximum absolute atomic E-state index is 10.9. The highest BCUT2D eigenvalue weighted by atomic mass is 16.6. The molecule has 8 heteroatoms. The van der Waals surface area contributed by atoms with Crippen molar-refractivity contribution < 1.29 is 14.7 Å². The molecule has 2 heterocycles. The van der Waals surface area contributed by atoms with Crippen molar-refractivity contribution in [1.29, 1.82) is 0 Å². The first kappa shape index (κ1) is 24.0. The highest BCUT2D eigenvalue weighted by molar-refractivity contribution is 6.01. The third-order valence-corrected chi connectivity index (χ3v) is 6.72. The largest absolute Gasteiger partial charge is 0.480 e. The molecule has 5 rings (SSSR count). The highest BCUT2D eigenvalue weighted by Crippen LogP contribution is 2.19. The minimum Gasteiger partial charge on any atom is -0.480 e. The van der Waals surface area contributed by atoms with E-state index >= 15 is 0 Å². The van der Waals surface area contributed by atoms with E-state index in [9.17, 15) is 4.79 Å². The molecule has 0 bridgehead atoms.